The fraction of sp³-hybridized carbons (Fsp3) is 0.435. The lowest BCUT2D eigenvalue weighted by atomic mass is 10.1. The molecular weight excluding hydrogens is 368 g/mol. The molecule has 0 bridgehead atoms. The van der Waals surface area contributed by atoms with Gasteiger partial charge in [-0.1, -0.05) is 36.4 Å². The molecule has 0 fully saturated rings. The number of rotatable bonds is 10. The zero-order chi connectivity index (χ0) is 20.4. The quantitative estimate of drug-likeness (QED) is 0.596. The van der Waals surface area contributed by atoms with Gasteiger partial charge in [0, 0.05) is 19.1 Å². The zero-order valence-electron chi connectivity index (χ0n) is 17.4. The summed E-state index contributed by atoms with van der Waals surface area (Å²) >= 11 is 5.65. The van der Waals surface area contributed by atoms with E-state index in [2.05, 4.69) is 60.5 Å². The van der Waals surface area contributed by atoms with E-state index in [4.69, 9.17) is 21.7 Å². The summed E-state index contributed by atoms with van der Waals surface area (Å²) in [5.41, 5.74) is 2.56. The van der Waals surface area contributed by atoms with E-state index in [0.717, 1.165) is 49.0 Å². The normalized spacial score (nSPS) is 10.6. The van der Waals surface area contributed by atoms with Crippen LogP contribution >= 0.6 is 12.2 Å². The molecule has 0 heterocycles. The van der Waals surface area contributed by atoms with Crippen LogP contribution in [0.25, 0.3) is 0 Å². The second kappa shape index (κ2) is 11.5. The Morgan fingerprint density at radius 2 is 1.68 bits per heavy atom. The van der Waals surface area contributed by atoms with Crippen molar-refractivity contribution in [2.45, 2.75) is 39.2 Å². The number of nitrogens with one attached hydrogen (secondary N) is 1. The van der Waals surface area contributed by atoms with Crippen molar-refractivity contribution in [2.75, 3.05) is 27.3 Å². The fourth-order valence-corrected chi connectivity index (χ4v) is 3.55. The van der Waals surface area contributed by atoms with Crippen molar-refractivity contribution < 1.29 is 9.47 Å². The summed E-state index contributed by atoms with van der Waals surface area (Å²) in [5, 5.41) is 4.25. The number of ether oxygens (including phenoxy) is 2. The molecule has 2 aromatic rings. The van der Waals surface area contributed by atoms with Crippen LogP contribution in [0.5, 0.6) is 11.5 Å². The van der Waals surface area contributed by atoms with Crippen molar-refractivity contribution in [3.8, 4) is 11.5 Å². The van der Waals surface area contributed by atoms with Crippen molar-refractivity contribution in [1.82, 2.24) is 10.2 Å². The molecule has 0 saturated carbocycles. The summed E-state index contributed by atoms with van der Waals surface area (Å²) in [5.74, 6) is 1.54. The Balaban J connectivity index is 1.82. The Bertz CT molecular complexity index is 735. The number of benzene rings is 2. The molecule has 152 valence electrons. The molecule has 0 aromatic heterocycles. The molecule has 0 aliphatic rings. The SMILES string of the molecule is COc1ccc(CCCN(C(=S)NCCc2ccccc2)C(C)C)cc1OC. The molecule has 0 aliphatic carbocycles. The van der Waals surface area contributed by atoms with Crippen molar-refractivity contribution in [1.29, 1.82) is 0 Å². The van der Waals surface area contributed by atoms with E-state index in [1.807, 2.05) is 12.1 Å². The number of thiocarbonyl (C=S) groups is 1. The highest BCUT2D eigenvalue weighted by atomic mass is 32.1. The lowest BCUT2D eigenvalue weighted by molar-refractivity contribution is 0.339. The van der Waals surface area contributed by atoms with E-state index in [9.17, 15) is 0 Å². The van der Waals surface area contributed by atoms with Gasteiger partial charge in [-0.15, -0.1) is 0 Å². The lowest BCUT2D eigenvalue weighted by Crippen LogP contribution is -2.44. The van der Waals surface area contributed by atoms with E-state index in [-0.39, 0.29) is 0 Å². The van der Waals surface area contributed by atoms with Crippen molar-refractivity contribution in [3.05, 3.63) is 59.7 Å². The number of nitrogens with zero attached hydrogens (tertiary/aromatic N) is 1. The molecule has 0 saturated heterocycles. The average Bonchev–Trinajstić information content (AvgIpc) is 2.71. The predicted molar refractivity (Wildman–Crippen MR) is 120 cm³/mol. The molecule has 0 aliphatic heterocycles. The van der Waals surface area contributed by atoms with Crippen LogP contribution in [0.4, 0.5) is 0 Å². The van der Waals surface area contributed by atoms with Crippen molar-refractivity contribution >= 4 is 17.3 Å². The molecule has 0 unspecified atom stereocenters. The van der Waals surface area contributed by atoms with Gasteiger partial charge in [-0.05, 0) is 68.6 Å². The van der Waals surface area contributed by atoms with Gasteiger partial charge in [-0.3, -0.25) is 0 Å². The maximum absolute atomic E-state index is 5.65. The summed E-state index contributed by atoms with van der Waals surface area (Å²) in [4.78, 5) is 2.26. The Hall–Kier alpha value is -2.27. The van der Waals surface area contributed by atoms with E-state index < -0.39 is 0 Å². The molecule has 0 amide bonds. The Morgan fingerprint density at radius 1 is 0.964 bits per heavy atom. The van der Waals surface area contributed by atoms with Crippen LogP contribution in [0, 0.1) is 0 Å². The van der Waals surface area contributed by atoms with Gasteiger partial charge in [0.2, 0.25) is 0 Å². The molecular formula is C23H32N2O2S. The van der Waals surface area contributed by atoms with Gasteiger partial charge in [-0.2, -0.15) is 0 Å². The average molecular weight is 401 g/mol. The summed E-state index contributed by atoms with van der Waals surface area (Å²) in [6, 6.07) is 17.0. The van der Waals surface area contributed by atoms with Crippen LogP contribution in [0.1, 0.15) is 31.4 Å². The molecule has 0 atom stereocenters. The topological polar surface area (TPSA) is 33.7 Å². The Kier molecular flexibility index (Phi) is 9.08. The van der Waals surface area contributed by atoms with E-state index in [1.165, 1.54) is 11.1 Å². The van der Waals surface area contributed by atoms with Gasteiger partial charge in [0.05, 0.1) is 14.2 Å². The lowest BCUT2D eigenvalue weighted by Gasteiger charge is -2.30. The monoisotopic (exact) mass is 400 g/mol. The van der Waals surface area contributed by atoms with Gasteiger partial charge < -0.3 is 19.7 Å². The minimum absolute atomic E-state index is 0.363. The fourth-order valence-electron chi connectivity index (χ4n) is 3.14. The van der Waals surface area contributed by atoms with Crippen molar-refractivity contribution in [3.63, 3.8) is 0 Å². The zero-order valence-corrected chi connectivity index (χ0v) is 18.2. The van der Waals surface area contributed by atoms with E-state index >= 15 is 0 Å². The highest BCUT2D eigenvalue weighted by Crippen LogP contribution is 2.28. The maximum Gasteiger partial charge on any atom is 0.169 e. The number of aryl methyl sites for hydroxylation is 1. The first-order chi connectivity index (χ1) is 13.5. The van der Waals surface area contributed by atoms with Gasteiger partial charge in [0.25, 0.3) is 0 Å². The van der Waals surface area contributed by atoms with Crippen molar-refractivity contribution in [2.24, 2.45) is 0 Å². The predicted octanol–water partition coefficient (Wildman–Crippen LogP) is 4.46. The van der Waals surface area contributed by atoms with Gasteiger partial charge in [0.1, 0.15) is 0 Å². The number of hydrogen-bond acceptors (Lipinski definition) is 3. The third kappa shape index (κ3) is 6.71. The second-order valence-corrected chi connectivity index (χ2v) is 7.43. The molecule has 5 heteroatoms. The van der Waals surface area contributed by atoms with Crippen LogP contribution in [0.2, 0.25) is 0 Å². The first kappa shape index (κ1) is 22.0. The molecule has 0 spiro atoms. The smallest absolute Gasteiger partial charge is 0.169 e. The molecule has 4 nitrogen and oxygen atoms in total. The van der Waals surface area contributed by atoms with Crippen LogP contribution in [-0.2, 0) is 12.8 Å². The van der Waals surface area contributed by atoms with Crippen LogP contribution in [0.15, 0.2) is 48.5 Å². The standard InChI is InChI=1S/C23H32N2O2S/c1-18(2)25(23(28)24-15-14-19-9-6-5-7-10-19)16-8-11-20-12-13-21(26-3)22(17-20)27-4/h5-7,9-10,12-13,17-18H,8,11,14-16H2,1-4H3,(H,24,28). The summed E-state index contributed by atoms with van der Waals surface area (Å²) in [6.07, 6.45) is 2.96. The molecule has 2 rings (SSSR count). The largest absolute Gasteiger partial charge is 0.493 e. The van der Waals surface area contributed by atoms with Crippen LogP contribution < -0.4 is 14.8 Å². The third-order valence-electron chi connectivity index (χ3n) is 4.73. The highest BCUT2D eigenvalue weighted by Gasteiger charge is 2.13. The molecule has 2 aromatic carbocycles. The minimum atomic E-state index is 0.363. The highest BCUT2D eigenvalue weighted by molar-refractivity contribution is 7.80. The van der Waals surface area contributed by atoms with Gasteiger partial charge in [-0.25, -0.2) is 0 Å². The molecule has 28 heavy (non-hydrogen) atoms. The summed E-state index contributed by atoms with van der Waals surface area (Å²) in [7, 11) is 3.32. The summed E-state index contributed by atoms with van der Waals surface area (Å²) in [6.45, 7) is 6.13. The van der Waals surface area contributed by atoms with E-state index in [1.54, 1.807) is 14.2 Å². The Labute approximate surface area is 174 Å². The molecule has 0 radical (unpaired) electrons. The van der Waals surface area contributed by atoms with Crippen LogP contribution in [-0.4, -0.2) is 43.4 Å². The minimum Gasteiger partial charge on any atom is -0.493 e. The third-order valence-corrected chi connectivity index (χ3v) is 5.11. The first-order valence-electron chi connectivity index (χ1n) is 9.84. The second-order valence-electron chi connectivity index (χ2n) is 7.05. The maximum atomic E-state index is 5.65. The number of methoxy groups -OCH3 is 2. The summed E-state index contributed by atoms with van der Waals surface area (Å²) < 4.78 is 10.7. The van der Waals surface area contributed by atoms with Gasteiger partial charge in [0.15, 0.2) is 16.6 Å². The molecule has 1 N–H and O–H groups in total. The van der Waals surface area contributed by atoms with Crippen LogP contribution in [0.3, 0.4) is 0 Å². The van der Waals surface area contributed by atoms with Gasteiger partial charge >= 0.3 is 0 Å². The van der Waals surface area contributed by atoms with E-state index in [0.29, 0.717) is 6.04 Å². The number of hydrogen-bond donors (Lipinski definition) is 1. The first-order valence-corrected chi connectivity index (χ1v) is 10.2. The Morgan fingerprint density at radius 3 is 2.32 bits per heavy atom.